The molecule has 0 saturated heterocycles. The van der Waals surface area contributed by atoms with Gasteiger partial charge in [-0.2, -0.15) is 5.10 Å². The Bertz CT molecular complexity index is 530. The van der Waals surface area contributed by atoms with Crippen molar-refractivity contribution in [1.29, 1.82) is 0 Å². The lowest BCUT2D eigenvalue weighted by molar-refractivity contribution is 0.198. The Morgan fingerprint density at radius 2 is 1.95 bits per heavy atom. The van der Waals surface area contributed by atoms with Gasteiger partial charge in [-0.1, -0.05) is 29.3 Å². The predicted octanol–water partition coefficient (Wildman–Crippen LogP) is 1.68. The van der Waals surface area contributed by atoms with Crippen molar-refractivity contribution in [2.75, 3.05) is 20.3 Å². The van der Waals surface area contributed by atoms with Crippen molar-refractivity contribution in [3.8, 4) is 0 Å². The Hall–Kier alpha value is -1.72. The van der Waals surface area contributed by atoms with E-state index in [1.807, 2.05) is 4.68 Å². The van der Waals surface area contributed by atoms with E-state index in [2.05, 4.69) is 47.4 Å². The molecule has 108 valence electrons. The van der Waals surface area contributed by atoms with Crippen molar-refractivity contribution >= 4 is 0 Å². The fourth-order valence-electron chi connectivity index (χ4n) is 2.26. The van der Waals surface area contributed by atoms with Crippen molar-refractivity contribution in [3.63, 3.8) is 0 Å². The van der Waals surface area contributed by atoms with Gasteiger partial charge in [0.25, 0.3) is 0 Å². The second kappa shape index (κ2) is 7.17. The highest BCUT2D eigenvalue weighted by atomic mass is 16.5. The molecule has 0 saturated carbocycles. The van der Waals surface area contributed by atoms with Gasteiger partial charge in [0.2, 0.25) is 0 Å². The molecule has 0 radical (unpaired) electrons. The first-order valence-electron chi connectivity index (χ1n) is 6.82. The smallest absolute Gasteiger partial charge is 0.141 e. The standard InChI is InChI=1S/C15H22N4O/c1-12-6-13(2)8-14(7-12)10-19-15(17-11-18-19)9-16-4-5-20-3/h6-8,11,16H,4-5,9-10H2,1-3H3. The van der Waals surface area contributed by atoms with E-state index in [9.17, 15) is 0 Å². The molecule has 0 spiro atoms. The van der Waals surface area contributed by atoms with Crippen LogP contribution in [0.1, 0.15) is 22.5 Å². The average molecular weight is 274 g/mol. The largest absolute Gasteiger partial charge is 0.383 e. The second-order valence-corrected chi connectivity index (χ2v) is 5.00. The molecule has 5 heteroatoms. The van der Waals surface area contributed by atoms with Gasteiger partial charge in [0, 0.05) is 13.7 Å². The molecule has 5 nitrogen and oxygen atoms in total. The van der Waals surface area contributed by atoms with Crippen LogP contribution < -0.4 is 5.32 Å². The maximum absolute atomic E-state index is 5.01. The van der Waals surface area contributed by atoms with Crippen molar-refractivity contribution in [2.24, 2.45) is 0 Å². The van der Waals surface area contributed by atoms with Gasteiger partial charge in [-0.25, -0.2) is 9.67 Å². The highest BCUT2D eigenvalue weighted by Crippen LogP contribution is 2.10. The SMILES string of the molecule is COCCNCc1ncnn1Cc1cc(C)cc(C)c1. The van der Waals surface area contributed by atoms with Gasteiger partial charge in [-0.15, -0.1) is 0 Å². The van der Waals surface area contributed by atoms with E-state index in [0.29, 0.717) is 13.2 Å². The van der Waals surface area contributed by atoms with E-state index in [-0.39, 0.29) is 0 Å². The second-order valence-electron chi connectivity index (χ2n) is 5.00. The summed E-state index contributed by atoms with van der Waals surface area (Å²) in [6.07, 6.45) is 1.61. The quantitative estimate of drug-likeness (QED) is 0.781. The number of ether oxygens (including phenoxy) is 1. The number of hydrogen-bond donors (Lipinski definition) is 1. The van der Waals surface area contributed by atoms with Gasteiger partial charge < -0.3 is 10.1 Å². The van der Waals surface area contributed by atoms with E-state index in [4.69, 9.17) is 4.74 Å². The van der Waals surface area contributed by atoms with Crippen molar-refractivity contribution in [1.82, 2.24) is 20.1 Å². The number of methoxy groups -OCH3 is 1. The molecule has 0 bridgehead atoms. The van der Waals surface area contributed by atoms with Crippen molar-refractivity contribution in [3.05, 3.63) is 47.0 Å². The summed E-state index contributed by atoms with van der Waals surface area (Å²) in [6.45, 7) is 7.20. The van der Waals surface area contributed by atoms with Crippen LogP contribution in [0.25, 0.3) is 0 Å². The van der Waals surface area contributed by atoms with Crippen molar-refractivity contribution < 1.29 is 4.74 Å². The summed E-state index contributed by atoms with van der Waals surface area (Å²) in [7, 11) is 1.70. The topological polar surface area (TPSA) is 52.0 Å². The van der Waals surface area contributed by atoms with Crippen LogP contribution >= 0.6 is 0 Å². The normalized spacial score (nSPS) is 10.9. The summed E-state index contributed by atoms with van der Waals surface area (Å²) in [5.41, 5.74) is 3.81. The maximum Gasteiger partial charge on any atom is 0.141 e. The predicted molar refractivity (Wildman–Crippen MR) is 78.6 cm³/mol. The molecular weight excluding hydrogens is 252 g/mol. The van der Waals surface area contributed by atoms with Crippen LogP contribution in [0.3, 0.4) is 0 Å². The zero-order valence-corrected chi connectivity index (χ0v) is 12.4. The fraction of sp³-hybridized carbons (Fsp3) is 0.467. The van der Waals surface area contributed by atoms with Crippen LogP contribution in [-0.2, 0) is 17.8 Å². The lowest BCUT2D eigenvalue weighted by Gasteiger charge is -2.09. The lowest BCUT2D eigenvalue weighted by atomic mass is 10.1. The molecule has 1 heterocycles. The zero-order chi connectivity index (χ0) is 14.4. The van der Waals surface area contributed by atoms with Gasteiger partial charge in [0.1, 0.15) is 12.2 Å². The molecule has 0 aliphatic heterocycles. The van der Waals surface area contributed by atoms with Gasteiger partial charge in [0.15, 0.2) is 0 Å². The summed E-state index contributed by atoms with van der Waals surface area (Å²) in [5, 5.41) is 7.59. The summed E-state index contributed by atoms with van der Waals surface area (Å²) in [6, 6.07) is 6.56. The average Bonchev–Trinajstić information content (AvgIpc) is 2.81. The van der Waals surface area contributed by atoms with E-state index in [1.165, 1.54) is 16.7 Å². The van der Waals surface area contributed by atoms with Crippen LogP contribution in [0.15, 0.2) is 24.5 Å². The van der Waals surface area contributed by atoms with Crippen molar-refractivity contribution in [2.45, 2.75) is 26.9 Å². The monoisotopic (exact) mass is 274 g/mol. The zero-order valence-electron chi connectivity index (χ0n) is 12.4. The minimum Gasteiger partial charge on any atom is -0.383 e. The molecule has 0 fully saturated rings. The van der Waals surface area contributed by atoms with Gasteiger partial charge in [0.05, 0.1) is 19.7 Å². The summed E-state index contributed by atoms with van der Waals surface area (Å²) < 4.78 is 6.95. The lowest BCUT2D eigenvalue weighted by Crippen LogP contribution is -2.21. The van der Waals surface area contributed by atoms with Gasteiger partial charge in [-0.05, 0) is 19.4 Å². The van der Waals surface area contributed by atoms with Crippen LogP contribution in [0.2, 0.25) is 0 Å². The Labute approximate surface area is 120 Å². The number of aromatic nitrogens is 3. The highest BCUT2D eigenvalue weighted by molar-refractivity contribution is 5.28. The van der Waals surface area contributed by atoms with E-state index in [0.717, 1.165) is 18.9 Å². The Morgan fingerprint density at radius 1 is 1.20 bits per heavy atom. The minimum atomic E-state index is 0.700. The first kappa shape index (κ1) is 14.7. The fourth-order valence-corrected chi connectivity index (χ4v) is 2.26. The molecule has 20 heavy (non-hydrogen) atoms. The van der Waals surface area contributed by atoms with Gasteiger partial charge >= 0.3 is 0 Å². The van der Waals surface area contributed by atoms with Crippen LogP contribution in [0.5, 0.6) is 0 Å². The van der Waals surface area contributed by atoms with Crippen LogP contribution in [-0.4, -0.2) is 35.0 Å². The summed E-state index contributed by atoms with van der Waals surface area (Å²) in [5.74, 6) is 0.945. The molecule has 0 aliphatic carbocycles. The first-order valence-corrected chi connectivity index (χ1v) is 6.82. The number of benzene rings is 1. The number of nitrogens with one attached hydrogen (secondary N) is 1. The van der Waals surface area contributed by atoms with Gasteiger partial charge in [-0.3, -0.25) is 0 Å². The number of aryl methyl sites for hydroxylation is 2. The van der Waals surface area contributed by atoms with Crippen LogP contribution in [0, 0.1) is 13.8 Å². The maximum atomic E-state index is 5.01. The molecule has 0 atom stereocenters. The molecule has 2 aromatic rings. The number of nitrogens with zero attached hydrogens (tertiary/aromatic N) is 3. The molecule has 0 unspecified atom stereocenters. The number of rotatable bonds is 7. The Balaban J connectivity index is 2.00. The number of hydrogen-bond acceptors (Lipinski definition) is 4. The first-order chi connectivity index (χ1) is 9.69. The third-order valence-corrected chi connectivity index (χ3v) is 3.08. The molecular formula is C15H22N4O. The molecule has 0 aliphatic rings. The van der Waals surface area contributed by atoms with E-state index in [1.54, 1.807) is 13.4 Å². The molecule has 1 aromatic carbocycles. The third kappa shape index (κ3) is 4.15. The van der Waals surface area contributed by atoms with Crippen LogP contribution in [0.4, 0.5) is 0 Å². The molecule has 0 amide bonds. The van der Waals surface area contributed by atoms with E-state index < -0.39 is 0 Å². The van der Waals surface area contributed by atoms with E-state index >= 15 is 0 Å². The summed E-state index contributed by atoms with van der Waals surface area (Å²) >= 11 is 0. The third-order valence-electron chi connectivity index (χ3n) is 3.08. The molecule has 2 rings (SSSR count). The Kier molecular flexibility index (Phi) is 5.26. The Morgan fingerprint density at radius 3 is 2.65 bits per heavy atom. The molecule has 1 N–H and O–H groups in total. The highest BCUT2D eigenvalue weighted by Gasteiger charge is 2.05. The minimum absolute atomic E-state index is 0.700. The molecule has 1 aromatic heterocycles. The summed E-state index contributed by atoms with van der Waals surface area (Å²) in [4.78, 5) is 4.30.